The van der Waals surface area contributed by atoms with Crippen molar-refractivity contribution < 1.29 is 21.2 Å². The van der Waals surface area contributed by atoms with Crippen molar-refractivity contribution in [3.63, 3.8) is 0 Å². The Bertz CT molecular complexity index is 1100. The van der Waals surface area contributed by atoms with E-state index in [1.54, 1.807) is 12.1 Å². The summed E-state index contributed by atoms with van der Waals surface area (Å²) in [7, 11) is -7.20. The minimum absolute atomic E-state index is 0.00114. The van der Waals surface area contributed by atoms with Gasteiger partial charge in [0.25, 0.3) is 10.0 Å². The van der Waals surface area contributed by atoms with E-state index < -0.39 is 25.9 Å². The Balaban J connectivity index is 1.86. The topological polar surface area (TPSA) is 83.6 Å². The van der Waals surface area contributed by atoms with Crippen LogP contribution >= 0.6 is 0 Å². The van der Waals surface area contributed by atoms with Crippen molar-refractivity contribution in [2.24, 2.45) is 0 Å². The molecule has 0 fully saturated rings. The smallest absolute Gasteiger partial charge is 0.262 e. The highest BCUT2D eigenvalue weighted by Gasteiger charge is 2.26. The third kappa shape index (κ3) is 4.37. The van der Waals surface area contributed by atoms with Crippen molar-refractivity contribution in [3.8, 4) is 0 Å². The zero-order valence-corrected chi connectivity index (χ0v) is 17.4. The summed E-state index contributed by atoms with van der Waals surface area (Å²) < 4.78 is 67.2. The molecule has 3 rings (SSSR count). The summed E-state index contributed by atoms with van der Waals surface area (Å²) in [5, 5.41) is 0. The van der Waals surface area contributed by atoms with E-state index in [9.17, 15) is 21.2 Å². The fraction of sp³-hybridized carbons (Fsp3) is 0.368. The molecule has 0 bridgehead atoms. The van der Waals surface area contributed by atoms with Gasteiger partial charge < -0.3 is 0 Å². The lowest BCUT2D eigenvalue weighted by molar-refractivity contribution is 0.391. The first kappa shape index (κ1) is 20.8. The van der Waals surface area contributed by atoms with Gasteiger partial charge in [-0.25, -0.2) is 21.2 Å². The van der Waals surface area contributed by atoms with Crippen LogP contribution < -0.4 is 4.72 Å². The van der Waals surface area contributed by atoms with Crippen molar-refractivity contribution in [3.05, 3.63) is 58.9 Å². The molecule has 6 nitrogen and oxygen atoms in total. The number of sulfonamides is 2. The first-order chi connectivity index (χ1) is 13.1. The highest BCUT2D eigenvalue weighted by atomic mass is 32.2. The molecule has 0 aromatic heterocycles. The van der Waals surface area contributed by atoms with Gasteiger partial charge >= 0.3 is 0 Å². The largest absolute Gasteiger partial charge is 0.280 e. The minimum atomic E-state index is -3.89. The molecule has 2 aromatic carbocycles. The molecule has 2 aromatic rings. The summed E-state index contributed by atoms with van der Waals surface area (Å²) >= 11 is 0. The summed E-state index contributed by atoms with van der Waals surface area (Å²) in [6.07, 6.45) is 1.13. The normalized spacial score (nSPS) is 15.2. The Labute approximate surface area is 165 Å². The molecule has 0 aliphatic carbocycles. The van der Waals surface area contributed by atoms with E-state index in [1.165, 1.54) is 17.3 Å². The van der Waals surface area contributed by atoms with Gasteiger partial charge in [-0.3, -0.25) is 4.72 Å². The molecule has 0 saturated carbocycles. The first-order valence-electron chi connectivity index (χ1n) is 9.01. The number of rotatable bonds is 6. The fourth-order valence-corrected chi connectivity index (χ4v) is 6.10. The Morgan fingerprint density at radius 2 is 1.82 bits per heavy atom. The highest BCUT2D eigenvalue weighted by Crippen LogP contribution is 2.27. The van der Waals surface area contributed by atoms with Gasteiger partial charge in [0.1, 0.15) is 5.82 Å². The predicted octanol–water partition coefficient (Wildman–Crippen LogP) is 3.03. The molecule has 0 radical (unpaired) electrons. The summed E-state index contributed by atoms with van der Waals surface area (Å²) in [6.45, 7) is 4.00. The third-order valence-corrected chi connectivity index (χ3v) is 8.28. The van der Waals surface area contributed by atoms with Gasteiger partial charge in [0.05, 0.1) is 10.6 Å². The second-order valence-corrected chi connectivity index (χ2v) is 10.6. The number of benzene rings is 2. The van der Waals surface area contributed by atoms with Gasteiger partial charge in [-0.05, 0) is 66.8 Å². The average molecular weight is 427 g/mol. The average Bonchev–Trinajstić information content (AvgIpc) is 2.60. The molecule has 0 unspecified atom stereocenters. The summed E-state index contributed by atoms with van der Waals surface area (Å²) in [5.74, 6) is -0.406. The van der Waals surface area contributed by atoms with Gasteiger partial charge in [0, 0.05) is 18.8 Å². The van der Waals surface area contributed by atoms with E-state index in [2.05, 4.69) is 4.72 Å². The van der Waals surface area contributed by atoms with Gasteiger partial charge in [0.2, 0.25) is 10.0 Å². The van der Waals surface area contributed by atoms with Crippen LogP contribution in [-0.4, -0.2) is 33.4 Å². The van der Waals surface area contributed by atoms with E-state index in [0.717, 1.165) is 23.3 Å². The molecule has 152 valence electrons. The second kappa shape index (κ2) is 7.81. The Morgan fingerprint density at radius 1 is 1.07 bits per heavy atom. The molecule has 9 heteroatoms. The number of anilines is 1. The molecule has 0 amide bonds. The van der Waals surface area contributed by atoms with Crippen LogP contribution in [-0.2, 0) is 33.0 Å². The van der Waals surface area contributed by atoms with Gasteiger partial charge in [-0.2, -0.15) is 4.31 Å². The standard InChI is InChI=1S/C19H23FN2O4S2/c1-3-10-27(23,24)22-9-8-15-4-6-18(12-16(15)13-22)21-28(25,26)19-7-5-17(20)11-14(19)2/h4-7,11-12,21H,3,8-10,13H2,1-2H3. The van der Waals surface area contributed by atoms with Crippen LogP contribution in [0.15, 0.2) is 41.3 Å². The number of hydrogen-bond donors (Lipinski definition) is 1. The maximum absolute atomic E-state index is 13.3. The number of aryl methyl sites for hydroxylation is 1. The van der Waals surface area contributed by atoms with E-state index in [-0.39, 0.29) is 17.2 Å². The van der Waals surface area contributed by atoms with Gasteiger partial charge in [0.15, 0.2) is 0 Å². The number of nitrogens with zero attached hydrogens (tertiary/aromatic N) is 1. The van der Waals surface area contributed by atoms with Crippen molar-refractivity contribution in [2.45, 2.75) is 38.1 Å². The minimum Gasteiger partial charge on any atom is -0.280 e. The lowest BCUT2D eigenvalue weighted by atomic mass is 10.0. The number of nitrogens with one attached hydrogen (secondary N) is 1. The zero-order chi connectivity index (χ0) is 20.5. The highest BCUT2D eigenvalue weighted by molar-refractivity contribution is 7.92. The molecule has 1 aliphatic rings. The third-order valence-electron chi connectivity index (χ3n) is 4.72. The maximum Gasteiger partial charge on any atom is 0.262 e. The van der Waals surface area contributed by atoms with Crippen LogP contribution in [0.25, 0.3) is 0 Å². The van der Waals surface area contributed by atoms with Crippen LogP contribution in [0, 0.1) is 12.7 Å². The van der Waals surface area contributed by atoms with Crippen LogP contribution in [0.3, 0.4) is 0 Å². The monoisotopic (exact) mass is 426 g/mol. The van der Waals surface area contributed by atoms with E-state index in [4.69, 9.17) is 0 Å². The van der Waals surface area contributed by atoms with E-state index in [0.29, 0.717) is 30.6 Å². The van der Waals surface area contributed by atoms with Crippen molar-refractivity contribution in [1.82, 2.24) is 4.31 Å². The molecule has 0 spiro atoms. The Hall–Kier alpha value is -1.97. The summed E-state index contributed by atoms with van der Waals surface area (Å²) in [4.78, 5) is -0.00114. The molecule has 0 saturated heterocycles. The second-order valence-electron chi connectivity index (χ2n) is 6.90. The van der Waals surface area contributed by atoms with E-state index >= 15 is 0 Å². The van der Waals surface area contributed by atoms with Crippen LogP contribution in [0.5, 0.6) is 0 Å². The zero-order valence-electron chi connectivity index (χ0n) is 15.8. The molecular weight excluding hydrogens is 403 g/mol. The lowest BCUT2D eigenvalue weighted by Crippen LogP contribution is -2.37. The summed E-state index contributed by atoms with van der Waals surface area (Å²) in [6, 6.07) is 8.63. The van der Waals surface area contributed by atoms with Crippen LogP contribution in [0.4, 0.5) is 10.1 Å². The van der Waals surface area contributed by atoms with Crippen molar-refractivity contribution in [1.29, 1.82) is 0 Å². The molecular formula is C19H23FN2O4S2. The SMILES string of the molecule is CCCS(=O)(=O)N1CCc2ccc(NS(=O)(=O)c3ccc(F)cc3C)cc2C1. The molecule has 1 heterocycles. The maximum atomic E-state index is 13.3. The van der Waals surface area contributed by atoms with E-state index in [1.807, 2.05) is 13.0 Å². The molecule has 28 heavy (non-hydrogen) atoms. The number of hydrogen-bond acceptors (Lipinski definition) is 4. The number of halogens is 1. The Kier molecular flexibility index (Phi) is 5.79. The molecule has 1 N–H and O–H groups in total. The first-order valence-corrected chi connectivity index (χ1v) is 12.1. The molecule has 1 aliphatic heterocycles. The predicted molar refractivity (Wildman–Crippen MR) is 107 cm³/mol. The van der Waals surface area contributed by atoms with Crippen molar-refractivity contribution in [2.75, 3.05) is 17.0 Å². The quantitative estimate of drug-likeness (QED) is 0.770. The van der Waals surface area contributed by atoms with Crippen molar-refractivity contribution >= 4 is 25.7 Å². The van der Waals surface area contributed by atoms with Crippen LogP contribution in [0.2, 0.25) is 0 Å². The fourth-order valence-electron chi connectivity index (χ4n) is 3.34. The lowest BCUT2D eigenvalue weighted by Gasteiger charge is -2.28. The Morgan fingerprint density at radius 3 is 2.50 bits per heavy atom. The summed E-state index contributed by atoms with van der Waals surface area (Å²) in [5.41, 5.74) is 2.44. The van der Waals surface area contributed by atoms with Gasteiger partial charge in [-0.1, -0.05) is 13.0 Å². The van der Waals surface area contributed by atoms with Gasteiger partial charge in [-0.15, -0.1) is 0 Å². The number of fused-ring (bicyclic) bond motifs is 1. The van der Waals surface area contributed by atoms with Crippen LogP contribution in [0.1, 0.15) is 30.0 Å². The molecule has 0 atom stereocenters.